The highest BCUT2D eigenvalue weighted by Gasteiger charge is 2.08. The minimum absolute atomic E-state index is 0. The molecule has 2 rings (SSSR count). The largest absolute Gasteiger partial charge is 0.493 e. The van der Waals surface area contributed by atoms with Crippen LogP contribution < -0.4 is 14.8 Å². The Morgan fingerprint density at radius 1 is 0.909 bits per heavy atom. The van der Waals surface area contributed by atoms with E-state index in [4.69, 9.17) is 9.47 Å². The molecule has 1 unspecified atom stereocenters. The molecule has 22 heavy (non-hydrogen) atoms. The van der Waals surface area contributed by atoms with Crippen molar-refractivity contribution in [1.29, 1.82) is 0 Å². The molecule has 0 amide bonds. The molecule has 1 atom stereocenters. The molecule has 2 aromatic carbocycles. The molecule has 0 saturated carbocycles. The molecule has 0 aliphatic carbocycles. The van der Waals surface area contributed by atoms with Crippen molar-refractivity contribution in [1.82, 2.24) is 5.32 Å². The molecule has 0 saturated heterocycles. The quantitative estimate of drug-likeness (QED) is 0.840. The number of ether oxygens (including phenoxy) is 2. The summed E-state index contributed by atoms with van der Waals surface area (Å²) in [4.78, 5) is 0. The molecule has 0 bridgehead atoms. The van der Waals surface area contributed by atoms with Gasteiger partial charge in [0.25, 0.3) is 0 Å². The molecule has 1 N–H and O–H groups in total. The average Bonchev–Trinajstić information content (AvgIpc) is 2.53. The maximum absolute atomic E-state index is 5.34. The van der Waals surface area contributed by atoms with E-state index in [1.54, 1.807) is 14.2 Å². The van der Waals surface area contributed by atoms with Crippen molar-refractivity contribution >= 4 is 12.4 Å². The van der Waals surface area contributed by atoms with Gasteiger partial charge in [0.15, 0.2) is 11.5 Å². The van der Waals surface area contributed by atoms with Crippen molar-refractivity contribution in [2.24, 2.45) is 0 Å². The highest BCUT2D eigenvalue weighted by molar-refractivity contribution is 5.85. The zero-order valence-corrected chi connectivity index (χ0v) is 14.2. The smallest absolute Gasteiger partial charge is 0.160 e. The Morgan fingerprint density at radius 2 is 1.59 bits per heavy atom. The van der Waals surface area contributed by atoms with Gasteiger partial charge in [0.2, 0.25) is 0 Å². The Kier molecular flexibility index (Phi) is 7.78. The number of nitrogens with one attached hydrogen (secondary N) is 1. The van der Waals surface area contributed by atoms with Gasteiger partial charge in [0.1, 0.15) is 0 Å². The molecular formula is C18H24ClNO2. The minimum Gasteiger partial charge on any atom is -0.493 e. The number of rotatable bonds is 7. The maximum Gasteiger partial charge on any atom is 0.160 e. The van der Waals surface area contributed by atoms with Gasteiger partial charge < -0.3 is 14.8 Å². The van der Waals surface area contributed by atoms with Gasteiger partial charge in [-0.25, -0.2) is 0 Å². The van der Waals surface area contributed by atoms with Gasteiger partial charge in [-0.2, -0.15) is 0 Å². The molecule has 0 fully saturated rings. The van der Waals surface area contributed by atoms with Gasteiger partial charge in [0.05, 0.1) is 14.2 Å². The summed E-state index contributed by atoms with van der Waals surface area (Å²) in [6.45, 7) is 3.08. The van der Waals surface area contributed by atoms with Crippen LogP contribution in [0.15, 0.2) is 48.5 Å². The van der Waals surface area contributed by atoms with Crippen LogP contribution >= 0.6 is 12.4 Å². The minimum atomic E-state index is 0. The van der Waals surface area contributed by atoms with Crippen LogP contribution in [0.5, 0.6) is 11.5 Å². The normalized spacial score (nSPS) is 11.4. The van der Waals surface area contributed by atoms with Crippen molar-refractivity contribution < 1.29 is 9.47 Å². The molecule has 0 spiro atoms. The topological polar surface area (TPSA) is 30.5 Å². The molecule has 120 valence electrons. The van der Waals surface area contributed by atoms with Crippen molar-refractivity contribution in [3.63, 3.8) is 0 Å². The maximum atomic E-state index is 5.34. The number of benzene rings is 2. The first-order valence-electron chi connectivity index (χ1n) is 7.21. The third-order valence-electron chi connectivity index (χ3n) is 3.49. The Labute approximate surface area is 139 Å². The molecule has 0 aliphatic heterocycles. The van der Waals surface area contributed by atoms with Crippen LogP contribution in [0.2, 0.25) is 0 Å². The molecular weight excluding hydrogens is 298 g/mol. The summed E-state index contributed by atoms with van der Waals surface area (Å²) < 4.78 is 10.6. The van der Waals surface area contributed by atoms with Crippen LogP contribution in [-0.2, 0) is 13.0 Å². The third kappa shape index (κ3) is 5.24. The summed E-state index contributed by atoms with van der Waals surface area (Å²) in [5, 5.41) is 3.54. The number of halogens is 1. The van der Waals surface area contributed by atoms with E-state index in [0.29, 0.717) is 6.04 Å². The van der Waals surface area contributed by atoms with E-state index in [1.165, 1.54) is 11.1 Å². The predicted octanol–water partition coefficient (Wildman–Crippen LogP) is 3.85. The monoisotopic (exact) mass is 321 g/mol. The molecule has 0 aromatic heterocycles. The van der Waals surface area contributed by atoms with Crippen molar-refractivity contribution in [3.8, 4) is 11.5 Å². The van der Waals surface area contributed by atoms with E-state index in [1.807, 2.05) is 18.2 Å². The lowest BCUT2D eigenvalue weighted by Crippen LogP contribution is -2.27. The number of hydrogen-bond donors (Lipinski definition) is 1. The van der Waals surface area contributed by atoms with E-state index in [9.17, 15) is 0 Å². The van der Waals surface area contributed by atoms with E-state index in [-0.39, 0.29) is 12.4 Å². The van der Waals surface area contributed by atoms with Crippen molar-refractivity contribution in [2.75, 3.05) is 14.2 Å². The Hall–Kier alpha value is -1.71. The predicted molar refractivity (Wildman–Crippen MR) is 93.2 cm³/mol. The van der Waals surface area contributed by atoms with Gasteiger partial charge in [-0.1, -0.05) is 36.4 Å². The van der Waals surface area contributed by atoms with E-state index >= 15 is 0 Å². The van der Waals surface area contributed by atoms with Crippen LogP contribution in [-0.4, -0.2) is 20.3 Å². The van der Waals surface area contributed by atoms with E-state index in [0.717, 1.165) is 24.5 Å². The highest BCUT2D eigenvalue weighted by atomic mass is 35.5. The Balaban J connectivity index is 0.00000242. The first kappa shape index (κ1) is 18.3. The van der Waals surface area contributed by atoms with E-state index < -0.39 is 0 Å². The number of methoxy groups -OCH3 is 2. The average molecular weight is 322 g/mol. The van der Waals surface area contributed by atoms with Crippen molar-refractivity contribution in [2.45, 2.75) is 25.9 Å². The van der Waals surface area contributed by atoms with Crippen LogP contribution in [0, 0.1) is 0 Å². The van der Waals surface area contributed by atoms with Crippen LogP contribution in [0.1, 0.15) is 18.1 Å². The van der Waals surface area contributed by atoms with Gasteiger partial charge in [-0.05, 0) is 36.6 Å². The first-order valence-corrected chi connectivity index (χ1v) is 7.21. The molecule has 3 nitrogen and oxygen atoms in total. The van der Waals surface area contributed by atoms with Crippen LogP contribution in [0.3, 0.4) is 0 Å². The summed E-state index contributed by atoms with van der Waals surface area (Å²) in [5.74, 6) is 1.55. The zero-order valence-electron chi connectivity index (χ0n) is 13.3. The second-order valence-corrected chi connectivity index (χ2v) is 5.16. The lowest BCUT2D eigenvalue weighted by Gasteiger charge is -2.15. The standard InChI is InChI=1S/C18H23NO2.ClH/c1-14(19-13-15-7-5-4-6-8-15)11-16-9-10-17(20-2)18(12-16)21-3;/h4-10,12,14,19H,11,13H2,1-3H3;1H. The van der Waals surface area contributed by atoms with Crippen LogP contribution in [0.4, 0.5) is 0 Å². The van der Waals surface area contributed by atoms with Gasteiger partial charge in [0, 0.05) is 12.6 Å². The lowest BCUT2D eigenvalue weighted by molar-refractivity contribution is 0.354. The second-order valence-electron chi connectivity index (χ2n) is 5.16. The van der Waals surface area contributed by atoms with Gasteiger partial charge in [-0.15, -0.1) is 12.4 Å². The fourth-order valence-corrected chi connectivity index (χ4v) is 2.32. The molecule has 0 heterocycles. The Bertz CT molecular complexity index is 560. The summed E-state index contributed by atoms with van der Waals surface area (Å²) in [6, 6.07) is 16.9. The summed E-state index contributed by atoms with van der Waals surface area (Å²) in [5.41, 5.74) is 2.54. The van der Waals surface area contributed by atoms with E-state index in [2.05, 4.69) is 42.6 Å². The fraction of sp³-hybridized carbons (Fsp3) is 0.333. The van der Waals surface area contributed by atoms with Gasteiger partial charge in [-0.3, -0.25) is 0 Å². The number of hydrogen-bond acceptors (Lipinski definition) is 3. The highest BCUT2D eigenvalue weighted by Crippen LogP contribution is 2.27. The van der Waals surface area contributed by atoms with Crippen molar-refractivity contribution in [3.05, 3.63) is 59.7 Å². The Morgan fingerprint density at radius 3 is 2.23 bits per heavy atom. The lowest BCUT2D eigenvalue weighted by atomic mass is 10.1. The molecule has 0 radical (unpaired) electrons. The molecule has 0 aliphatic rings. The summed E-state index contributed by atoms with van der Waals surface area (Å²) in [7, 11) is 3.32. The van der Waals surface area contributed by atoms with Gasteiger partial charge >= 0.3 is 0 Å². The van der Waals surface area contributed by atoms with Crippen LogP contribution in [0.25, 0.3) is 0 Å². The summed E-state index contributed by atoms with van der Waals surface area (Å²) in [6.07, 6.45) is 0.952. The summed E-state index contributed by atoms with van der Waals surface area (Å²) >= 11 is 0. The third-order valence-corrected chi connectivity index (χ3v) is 3.49. The first-order chi connectivity index (χ1) is 10.2. The zero-order chi connectivity index (χ0) is 15.1. The molecule has 4 heteroatoms. The SMILES string of the molecule is COc1ccc(CC(C)NCc2ccccc2)cc1OC.Cl. The molecule has 2 aromatic rings. The fourth-order valence-electron chi connectivity index (χ4n) is 2.32. The second kappa shape index (κ2) is 9.34.